The summed E-state index contributed by atoms with van der Waals surface area (Å²) in [5, 5.41) is 0. The van der Waals surface area contributed by atoms with Crippen molar-refractivity contribution in [1.29, 1.82) is 0 Å². The standard InChI is InChI=1S/C14H19N3O/c1-3-17-9-8-16-14(17)10-13(15)11-4-6-12(18-2)7-5-11/h4-9,13H,3,10,15H2,1-2H3. The SMILES string of the molecule is CCn1ccnc1CC(N)c1ccc(OC)cc1. The number of rotatable bonds is 5. The van der Waals surface area contributed by atoms with Gasteiger partial charge in [0.1, 0.15) is 11.6 Å². The Bertz CT molecular complexity index is 490. The van der Waals surface area contributed by atoms with Crippen LogP contribution < -0.4 is 10.5 Å². The van der Waals surface area contributed by atoms with E-state index in [0.29, 0.717) is 0 Å². The van der Waals surface area contributed by atoms with Crippen LogP contribution >= 0.6 is 0 Å². The first-order valence-electron chi connectivity index (χ1n) is 6.14. The third kappa shape index (κ3) is 2.71. The van der Waals surface area contributed by atoms with Gasteiger partial charge >= 0.3 is 0 Å². The minimum absolute atomic E-state index is 0.0383. The van der Waals surface area contributed by atoms with Crippen LogP contribution in [0, 0.1) is 0 Å². The van der Waals surface area contributed by atoms with Crippen LogP contribution in [0.2, 0.25) is 0 Å². The van der Waals surface area contributed by atoms with Crippen molar-refractivity contribution in [3.63, 3.8) is 0 Å². The van der Waals surface area contributed by atoms with E-state index in [-0.39, 0.29) is 6.04 Å². The number of benzene rings is 1. The summed E-state index contributed by atoms with van der Waals surface area (Å²) in [6, 6.07) is 7.83. The predicted molar refractivity (Wildman–Crippen MR) is 71.5 cm³/mol. The van der Waals surface area contributed by atoms with E-state index < -0.39 is 0 Å². The Kier molecular flexibility index (Phi) is 3.99. The number of nitrogens with two attached hydrogens (primary N) is 1. The molecule has 18 heavy (non-hydrogen) atoms. The van der Waals surface area contributed by atoms with Crippen LogP contribution in [-0.2, 0) is 13.0 Å². The molecule has 96 valence electrons. The number of aryl methyl sites for hydroxylation is 1. The molecule has 2 rings (SSSR count). The molecule has 0 spiro atoms. The van der Waals surface area contributed by atoms with Gasteiger partial charge in [0.05, 0.1) is 7.11 Å². The molecule has 2 N–H and O–H groups in total. The van der Waals surface area contributed by atoms with Gasteiger partial charge in [0.15, 0.2) is 0 Å². The zero-order valence-electron chi connectivity index (χ0n) is 10.8. The molecule has 0 aliphatic carbocycles. The first-order valence-corrected chi connectivity index (χ1v) is 6.14. The first-order chi connectivity index (χ1) is 8.74. The molecule has 4 heteroatoms. The smallest absolute Gasteiger partial charge is 0.118 e. The Hall–Kier alpha value is -1.81. The van der Waals surface area contributed by atoms with Crippen LogP contribution in [-0.4, -0.2) is 16.7 Å². The highest BCUT2D eigenvalue weighted by molar-refractivity contribution is 5.29. The number of methoxy groups -OCH3 is 1. The van der Waals surface area contributed by atoms with Crippen molar-refractivity contribution in [1.82, 2.24) is 9.55 Å². The molecule has 0 amide bonds. The minimum atomic E-state index is -0.0383. The van der Waals surface area contributed by atoms with Crippen molar-refractivity contribution in [2.75, 3.05) is 7.11 Å². The number of hydrogen-bond donors (Lipinski definition) is 1. The number of nitrogens with zero attached hydrogens (tertiary/aromatic N) is 2. The van der Waals surface area contributed by atoms with Crippen LogP contribution in [0.25, 0.3) is 0 Å². The summed E-state index contributed by atoms with van der Waals surface area (Å²) in [5.41, 5.74) is 7.31. The van der Waals surface area contributed by atoms with Crippen LogP contribution in [0.5, 0.6) is 5.75 Å². The Morgan fingerprint density at radius 1 is 1.33 bits per heavy atom. The second-order valence-electron chi connectivity index (χ2n) is 4.21. The molecule has 0 radical (unpaired) electrons. The molecule has 0 fully saturated rings. The highest BCUT2D eigenvalue weighted by Crippen LogP contribution is 2.18. The fraction of sp³-hybridized carbons (Fsp3) is 0.357. The zero-order chi connectivity index (χ0) is 13.0. The third-order valence-electron chi connectivity index (χ3n) is 3.09. The van der Waals surface area contributed by atoms with Crippen molar-refractivity contribution in [2.24, 2.45) is 5.73 Å². The van der Waals surface area contributed by atoms with Gasteiger partial charge in [-0.1, -0.05) is 12.1 Å². The summed E-state index contributed by atoms with van der Waals surface area (Å²) in [7, 11) is 1.66. The van der Waals surface area contributed by atoms with Crippen molar-refractivity contribution < 1.29 is 4.74 Å². The second-order valence-corrected chi connectivity index (χ2v) is 4.21. The van der Waals surface area contributed by atoms with Crippen molar-refractivity contribution in [2.45, 2.75) is 25.9 Å². The number of imidazole rings is 1. The highest BCUT2D eigenvalue weighted by Gasteiger charge is 2.10. The molecule has 0 saturated carbocycles. The molecular weight excluding hydrogens is 226 g/mol. The van der Waals surface area contributed by atoms with E-state index in [1.165, 1.54) is 0 Å². The summed E-state index contributed by atoms with van der Waals surface area (Å²) >= 11 is 0. The number of ether oxygens (including phenoxy) is 1. The van der Waals surface area contributed by atoms with E-state index in [0.717, 1.165) is 30.1 Å². The minimum Gasteiger partial charge on any atom is -0.497 e. The van der Waals surface area contributed by atoms with Crippen molar-refractivity contribution >= 4 is 0 Å². The molecule has 2 aromatic rings. The number of aromatic nitrogens is 2. The van der Waals surface area contributed by atoms with Gasteiger partial charge in [-0.25, -0.2) is 4.98 Å². The van der Waals surface area contributed by atoms with Crippen LogP contribution in [0.4, 0.5) is 0 Å². The Morgan fingerprint density at radius 2 is 2.06 bits per heavy atom. The van der Waals surface area contributed by atoms with Crippen LogP contribution in [0.15, 0.2) is 36.7 Å². The van der Waals surface area contributed by atoms with Crippen molar-refractivity contribution in [3.8, 4) is 5.75 Å². The molecule has 0 bridgehead atoms. The van der Waals surface area contributed by atoms with E-state index in [4.69, 9.17) is 10.5 Å². The van der Waals surface area contributed by atoms with Gasteiger partial charge in [-0.3, -0.25) is 0 Å². The van der Waals surface area contributed by atoms with E-state index in [1.807, 2.05) is 36.7 Å². The molecule has 1 aromatic heterocycles. The normalized spacial score (nSPS) is 12.4. The Morgan fingerprint density at radius 3 is 2.67 bits per heavy atom. The van der Waals surface area contributed by atoms with Gasteiger partial charge in [0.25, 0.3) is 0 Å². The molecule has 4 nitrogen and oxygen atoms in total. The average molecular weight is 245 g/mol. The fourth-order valence-electron chi connectivity index (χ4n) is 1.98. The molecule has 1 heterocycles. The quantitative estimate of drug-likeness (QED) is 0.878. The Balaban J connectivity index is 2.09. The average Bonchev–Trinajstić information content (AvgIpc) is 2.86. The van der Waals surface area contributed by atoms with Gasteiger partial charge in [-0.15, -0.1) is 0 Å². The lowest BCUT2D eigenvalue weighted by Gasteiger charge is -2.13. The third-order valence-corrected chi connectivity index (χ3v) is 3.09. The fourth-order valence-corrected chi connectivity index (χ4v) is 1.98. The Labute approximate surface area is 107 Å². The van der Waals surface area contributed by atoms with Gasteiger partial charge in [-0.2, -0.15) is 0 Å². The maximum absolute atomic E-state index is 6.21. The van der Waals surface area contributed by atoms with Crippen LogP contribution in [0.3, 0.4) is 0 Å². The molecule has 1 atom stereocenters. The van der Waals surface area contributed by atoms with Crippen molar-refractivity contribution in [3.05, 3.63) is 48.0 Å². The monoisotopic (exact) mass is 245 g/mol. The predicted octanol–water partition coefficient (Wildman–Crippen LogP) is 2.15. The lowest BCUT2D eigenvalue weighted by atomic mass is 10.0. The largest absolute Gasteiger partial charge is 0.497 e. The maximum Gasteiger partial charge on any atom is 0.118 e. The lowest BCUT2D eigenvalue weighted by molar-refractivity contribution is 0.414. The van der Waals surface area contributed by atoms with Gasteiger partial charge in [0.2, 0.25) is 0 Å². The summed E-state index contributed by atoms with van der Waals surface area (Å²) in [6.07, 6.45) is 4.54. The highest BCUT2D eigenvalue weighted by atomic mass is 16.5. The topological polar surface area (TPSA) is 53.1 Å². The summed E-state index contributed by atoms with van der Waals surface area (Å²) in [4.78, 5) is 4.34. The molecular formula is C14H19N3O. The van der Waals surface area contributed by atoms with E-state index >= 15 is 0 Å². The molecule has 0 aliphatic heterocycles. The molecule has 0 saturated heterocycles. The number of hydrogen-bond acceptors (Lipinski definition) is 3. The zero-order valence-corrected chi connectivity index (χ0v) is 10.8. The summed E-state index contributed by atoms with van der Waals surface area (Å²) < 4.78 is 7.25. The molecule has 1 unspecified atom stereocenters. The van der Waals surface area contributed by atoms with Gasteiger partial charge in [-0.05, 0) is 24.6 Å². The van der Waals surface area contributed by atoms with E-state index in [2.05, 4.69) is 16.5 Å². The molecule has 1 aromatic carbocycles. The van der Waals surface area contributed by atoms with E-state index in [9.17, 15) is 0 Å². The molecule has 0 aliphatic rings. The second kappa shape index (κ2) is 5.69. The maximum atomic E-state index is 6.21. The first kappa shape index (κ1) is 12.6. The van der Waals surface area contributed by atoms with Gasteiger partial charge in [0, 0.05) is 31.4 Å². The van der Waals surface area contributed by atoms with Crippen LogP contribution in [0.1, 0.15) is 24.4 Å². The summed E-state index contributed by atoms with van der Waals surface area (Å²) in [6.45, 7) is 3.02. The lowest BCUT2D eigenvalue weighted by Crippen LogP contribution is -2.16. The van der Waals surface area contributed by atoms with Gasteiger partial charge < -0.3 is 15.0 Å². The van der Waals surface area contributed by atoms with E-state index in [1.54, 1.807) is 7.11 Å². The summed E-state index contributed by atoms with van der Waals surface area (Å²) in [5.74, 6) is 1.88.